The van der Waals surface area contributed by atoms with E-state index in [9.17, 15) is 4.79 Å². The minimum atomic E-state index is -0.534. The largest absolute Gasteiger partial charge is 0.496 e. The Balaban J connectivity index is 2.32. The van der Waals surface area contributed by atoms with Crippen molar-refractivity contribution in [1.29, 1.82) is 0 Å². The molecule has 0 spiro atoms. The van der Waals surface area contributed by atoms with E-state index >= 15 is 0 Å². The lowest BCUT2D eigenvalue weighted by Crippen LogP contribution is -1.86. The summed E-state index contributed by atoms with van der Waals surface area (Å²) in [5.41, 5.74) is 1.05. The lowest BCUT2D eigenvalue weighted by molar-refractivity contribution is -0.107. The molecule has 13 heavy (non-hydrogen) atoms. The fraction of sp³-hybridized carbons (Fsp3) is 0.100. The van der Waals surface area contributed by atoms with Gasteiger partial charge in [-0.05, 0) is 17.2 Å². The summed E-state index contributed by atoms with van der Waals surface area (Å²) in [7, 11) is 0. The highest BCUT2D eigenvalue weighted by atomic mass is 35.5. The average molecular weight is 197 g/mol. The Bertz CT molecular complexity index is 293. The summed E-state index contributed by atoms with van der Waals surface area (Å²) in [4.78, 5) is 10.3. The number of halogens is 1. The highest BCUT2D eigenvalue weighted by molar-refractivity contribution is 6.66. The van der Waals surface area contributed by atoms with E-state index in [2.05, 4.69) is 0 Å². The van der Waals surface area contributed by atoms with Gasteiger partial charge in [0.2, 0.25) is 5.24 Å². The molecule has 0 N–H and O–H groups in total. The van der Waals surface area contributed by atoms with Crippen molar-refractivity contribution in [2.75, 3.05) is 0 Å². The highest BCUT2D eigenvalue weighted by Crippen LogP contribution is 2.00. The summed E-state index contributed by atoms with van der Waals surface area (Å²) < 4.78 is 5.04. The Morgan fingerprint density at radius 3 is 2.69 bits per heavy atom. The van der Waals surface area contributed by atoms with Crippen LogP contribution in [0.2, 0.25) is 0 Å². The molecule has 0 saturated heterocycles. The lowest BCUT2D eigenvalue weighted by Gasteiger charge is -1.98. The minimum Gasteiger partial charge on any atom is -0.496 e. The van der Waals surface area contributed by atoms with Gasteiger partial charge >= 0.3 is 0 Å². The van der Waals surface area contributed by atoms with Gasteiger partial charge in [-0.15, -0.1) is 0 Å². The maximum atomic E-state index is 10.3. The molecule has 0 aromatic heterocycles. The van der Waals surface area contributed by atoms with E-state index in [0.717, 1.165) is 5.56 Å². The first-order valence-electron chi connectivity index (χ1n) is 3.80. The molecule has 0 amide bonds. The van der Waals surface area contributed by atoms with Crippen molar-refractivity contribution in [2.45, 2.75) is 6.61 Å². The van der Waals surface area contributed by atoms with Gasteiger partial charge in [0.25, 0.3) is 0 Å². The summed E-state index contributed by atoms with van der Waals surface area (Å²) in [5, 5.41) is -0.534. The van der Waals surface area contributed by atoms with Crippen molar-refractivity contribution in [3.63, 3.8) is 0 Å². The van der Waals surface area contributed by atoms with Gasteiger partial charge in [0.1, 0.15) is 6.61 Å². The Hall–Kier alpha value is -1.28. The Kier molecular flexibility index (Phi) is 4.06. The number of hydrogen-bond donors (Lipinski definition) is 0. The van der Waals surface area contributed by atoms with Crippen LogP contribution in [0, 0.1) is 0 Å². The molecule has 0 saturated carbocycles. The number of benzene rings is 1. The number of rotatable bonds is 4. The van der Waals surface area contributed by atoms with E-state index in [1.165, 1.54) is 12.3 Å². The van der Waals surface area contributed by atoms with Gasteiger partial charge in [-0.1, -0.05) is 30.3 Å². The predicted octanol–water partition coefficient (Wildman–Crippen LogP) is 2.48. The van der Waals surface area contributed by atoms with E-state index < -0.39 is 5.24 Å². The lowest BCUT2D eigenvalue weighted by atomic mass is 10.2. The van der Waals surface area contributed by atoms with Gasteiger partial charge in [0.05, 0.1) is 6.26 Å². The van der Waals surface area contributed by atoms with Gasteiger partial charge in [-0.2, -0.15) is 0 Å². The first-order valence-corrected chi connectivity index (χ1v) is 4.18. The van der Waals surface area contributed by atoms with Crippen LogP contribution in [-0.4, -0.2) is 5.24 Å². The van der Waals surface area contributed by atoms with E-state index in [-0.39, 0.29) is 0 Å². The fourth-order valence-electron chi connectivity index (χ4n) is 0.820. The quantitative estimate of drug-likeness (QED) is 0.420. The number of hydrogen-bond acceptors (Lipinski definition) is 2. The maximum Gasteiger partial charge on any atom is 0.248 e. The monoisotopic (exact) mass is 196 g/mol. The zero-order valence-corrected chi connectivity index (χ0v) is 7.70. The first-order chi connectivity index (χ1) is 6.29. The molecular weight excluding hydrogens is 188 g/mol. The molecule has 0 fully saturated rings. The van der Waals surface area contributed by atoms with Crippen LogP contribution in [0.1, 0.15) is 5.56 Å². The van der Waals surface area contributed by atoms with Crippen LogP contribution >= 0.6 is 11.6 Å². The first kappa shape index (κ1) is 9.81. The second-order valence-electron chi connectivity index (χ2n) is 2.40. The molecule has 2 nitrogen and oxygen atoms in total. The van der Waals surface area contributed by atoms with Crippen molar-refractivity contribution >= 4 is 16.8 Å². The van der Waals surface area contributed by atoms with Crippen LogP contribution in [0.3, 0.4) is 0 Å². The van der Waals surface area contributed by atoms with Crippen LogP contribution in [0.25, 0.3) is 0 Å². The summed E-state index contributed by atoms with van der Waals surface area (Å²) in [6.45, 7) is 0.446. The van der Waals surface area contributed by atoms with Gasteiger partial charge in [-0.3, -0.25) is 4.79 Å². The average Bonchev–Trinajstić information content (AvgIpc) is 2.14. The Morgan fingerprint density at radius 2 is 2.08 bits per heavy atom. The molecule has 1 aromatic rings. The molecule has 0 aliphatic carbocycles. The van der Waals surface area contributed by atoms with Crippen molar-refractivity contribution in [2.24, 2.45) is 0 Å². The summed E-state index contributed by atoms with van der Waals surface area (Å²) in [5.74, 6) is 0. The van der Waals surface area contributed by atoms with E-state index in [1.807, 2.05) is 30.3 Å². The van der Waals surface area contributed by atoms with E-state index in [1.54, 1.807) is 0 Å². The molecule has 0 aliphatic heterocycles. The molecule has 1 rings (SSSR count). The maximum absolute atomic E-state index is 10.3. The Labute approximate surface area is 81.8 Å². The van der Waals surface area contributed by atoms with Gasteiger partial charge in [-0.25, -0.2) is 0 Å². The van der Waals surface area contributed by atoms with Crippen molar-refractivity contribution in [3.05, 3.63) is 48.2 Å². The third-order valence-corrected chi connectivity index (χ3v) is 1.51. The van der Waals surface area contributed by atoms with Gasteiger partial charge in [0.15, 0.2) is 0 Å². The van der Waals surface area contributed by atoms with Crippen LogP contribution < -0.4 is 0 Å². The van der Waals surface area contributed by atoms with Crippen LogP contribution in [0.4, 0.5) is 0 Å². The van der Waals surface area contributed by atoms with Crippen LogP contribution in [-0.2, 0) is 16.1 Å². The number of allylic oxidation sites excluding steroid dienone is 1. The molecule has 0 unspecified atom stereocenters. The molecule has 0 atom stereocenters. The Morgan fingerprint density at radius 1 is 1.38 bits per heavy atom. The molecular formula is C10H9ClO2. The topological polar surface area (TPSA) is 26.3 Å². The number of ether oxygens (including phenoxy) is 1. The number of carbonyl (C=O) groups is 1. The van der Waals surface area contributed by atoms with Crippen LogP contribution in [0.5, 0.6) is 0 Å². The van der Waals surface area contributed by atoms with Crippen molar-refractivity contribution < 1.29 is 9.53 Å². The second-order valence-corrected chi connectivity index (χ2v) is 2.78. The molecule has 3 heteroatoms. The zero-order valence-electron chi connectivity index (χ0n) is 6.94. The zero-order chi connectivity index (χ0) is 9.52. The standard InChI is InChI=1S/C10H9ClO2/c11-10(12)6-7-13-8-9-4-2-1-3-5-9/h1-7H,8H2. The van der Waals surface area contributed by atoms with Crippen LogP contribution in [0.15, 0.2) is 42.7 Å². The second kappa shape index (κ2) is 5.38. The normalized spacial score (nSPS) is 10.2. The highest BCUT2D eigenvalue weighted by Gasteiger charge is 1.88. The summed E-state index contributed by atoms with van der Waals surface area (Å²) >= 11 is 5.05. The summed E-state index contributed by atoms with van der Waals surface area (Å²) in [6, 6.07) is 9.67. The smallest absolute Gasteiger partial charge is 0.248 e. The SMILES string of the molecule is O=C(Cl)C=COCc1ccccc1. The molecule has 68 valence electrons. The third kappa shape index (κ3) is 4.33. The number of carbonyl (C=O) groups excluding carboxylic acids is 1. The van der Waals surface area contributed by atoms with Gasteiger partial charge < -0.3 is 4.74 Å². The van der Waals surface area contributed by atoms with E-state index in [4.69, 9.17) is 16.3 Å². The minimum absolute atomic E-state index is 0.446. The van der Waals surface area contributed by atoms with Crippen molar-refractivity contribution in [1.82, 2.24) is 0 Å². The van der Waals surface area contributed by atoms with Gasteiger partial charge in [0, 0.05) is 6.08 Å². The molecule has 1 aromatic carbocycles. The molecule has 0 heterocycles. The molecule has 0 radical (unpaired) electrons. The molecule has 0 aliphatic rings. The summed E-state index contributed by atoms with van der Waals surface area (Å²) in [6.07, 6.45) is 2.47. The van der Waals surface area contributed by atoms with Crippen molar-refractivity contribution in [3.8, 4) is 0 Å². The van der Waals surface area contributed by atoms with E-state index in [0.29, 0.717) is 6.61 Å². The fourth-order valence-corrected chi connectivity index (χ4v) is 0.872. The predicted molar refractivity (Wildman–Crippen MR) is 51.2 cm³/mol. The molecule has 0 bridgehead atoms. The third-order valence-electron chi connectivity index (χ3n) is 1.39.